The van der Waals surface area contributed by atoms with Crippen LogP contribution in [0.25, 0.3) is 5.76 Å². The number of anilines is 1. The molecule has 238 valence electrons. The lowest BCUT2D eigenvalue weighted by molar-refractivity contribution is -0.132. The molecule has 1 fully saturated rings. The Morgan fingerprint density at radius 2 is 1.76 bits per heavy atom. The quantitative estimate of drug-likeness (QED) is 0.0611. The number of hydrogen-bond acceptors (Lipinski definition) is 11. The van der Waals surface area contributed by atoms with Crippen LogP contribution in [0.5, 0.6) is 23.0 Å². The van der Waals surface area contributed by atoms with Crippen LogP contribution in [0.2, 0.25) is 0 Å². The number of aliphatic hydroxyl groups excluding tert-OH is 1. The van der Waals surface area contributed by atoms with Gasteiger partial charge in [0.2, 0.25) is 5.13 Å². The van der Waals surface area contributed by atoms with Crippen molar-refractivity contribution in [1.82, 2.24) is 10.2 Å². The maximum Gasteiger partial charge on any atom is 0.301 e. The van der Waals surface area contributed by atoms with Crippen LogP contribution in [0.1, 0.15) is 48.6 Å². The van der Waals surface area contributed by atoms with E-state index in [9.17, 15) is 14.7 Å². The molecule has 0 unspecified atom stereocenters. The Hall–Kier alpha value is -4.55. The maximum absolute atomic E-state index is 13.8. The van der Waals surface area contributed by atoms with Crippen molar-refractivity contribution < 1.29 is 33.6 Å². The predicted octanol–water partition coefficient (Wildman–Crippen LogP) is 6.72. The topological polar surface area (TPSA) is 120 Å². The summed E-state index contributed by atoms with van der Waals surface area (Å²) in [6.45, 7) is 7.55. The lowest BCUT2D eigenvalue weighted by atomic mass is 9.95. The summed E-state index contributed by atoms with van der Waals surface area (Å²) in [7, 11) is 0. The van der Waals surface area contributed by atoms with E-state index in [2.05, 4.69) is 34.5 Å². The van der Waals surface area contributed by atoms with Gasteiger partial charge in [0.1, 0.15) is 19.0 Å². The molecule has 2 aliphatic rings. The molecule has 0 spiro atoms. The molecule has 1 N–H and O–H groups in total. The molecule has 1 saturated heterocycles. The number of carbonyl (C=O) groups excluding carboxylic acids is 2. The van der Waals surface area contributed by atoms with Crippen molar-refractivity contribution in [3.8, 4) is 23.0 Å². The summed E-state index contributed by atoms with van der Waals surface area (Å²) in [4.78, 5) is 28.8. The third-order valence-corrected chi connectivity index (χ3v) is 9.52. The van der Waals surface area contributed by atoms with E-state index < -0.39 is 17.7 Å². The van der Waals surface area contributed by atoms with Gasteiger partial charge in [-0.1, -0.05) is 65.9 Å². The van der Waals surface area contributed by atoms with Crippen molar-refractivity contribution in [3.63, 3.8) is 0 Å². The molecule has 0 saturated carbocycles. The Kier molecular flexibility index (Phi) is 9.46. The second kappa shape index (κ2) is 13.8. The number of amides is 1. The highest BCUT2D eigenvalue weighted by Gasteiger charge is 2.48. The van der Waals surface area contributed by atoms with E-state index in [1.807, 2.05) is 20.8 Å². The second-order valence-corrected chi connectivity index (χ2v) is 12.8. The Labute approximate surface area is 275 Å². The number of benzene rings is 3. The van der Waals surface area contributed by atoms with E-state index in [0.717, 1.165) is 12.0 Å². The summed E-state index contributed by atoms with van der Waals surface area (Å²) in [6.07, 6.45) is 0.810. The first-order valence-electron chi connectivity index (χ1n) is 15.0. The molecule has 46 heavy (non-hydrogen) atoms. The van der Waals surface area contributed by atoms with Crippen LogP contribution in [-0.2, 0) is 15.3 Å². The average Bonchev–Trinajstić information content (AvgIpc) is 3.65. The van der Waals surface area contributed by atoms with Crippen LogP contribution in [0.4, 0.5) is 5.13 Å². The zero-order chi connectivity index (χ0) is 32.2. The summed E-state index contributed by atoms with van der Waals surface area (Å²) in [5, 5.41) is 20.6. The highest BCUT2D eigenvalue weighted by Crippen LogP contribution is 2.46. The number of aryl methyl sites for hydroxylation is 1. The van der Waals surface area contributed by atoms with Gasteiger partial charge in [-0.2, -0.15) is 0 Å². The number of thioether (sulfide) groups is 1. The first kappa shape index (κ1) is 31.4. The number of Topliss-reactive ketones (excluding diaryl/α,β-unsaturated/α-hetero) is 1. The monoisotopic (exact) mass is 659 g/mol. The molecular formula is C34H33N3O7S2. The fourth-order valence-corrected chi connectivity index (χ4v) is 7.00. The zero-order valence-electron chi connectivity index (χ0n) is 25.6. The minimum Gasteiger partial charge on any atom is -0.507 e. The maximum atomic E-state index is 13.8. The molecule has 1 atom stereocenters. The zero-order valence-corrected chi connectivity index (χ0v) is 27.3. The number of ether oxygens (including phenoxy) is 4. The molecule has 0 bridgehead atoms. The van der Waals surface area contributed by atoms with Gasteiger partial charge in [0.25, 0.3) is 5.78 Å². The van der Waals surface area contributed by atoms with Gasteiger partial charge in [-0.25, -0.2) is 0 Å². The molecule has 3 heterocycles. The normalized spacial score (nSPS) is 16.9. The van der Waals surface area contributed by atoms with Crippen LogP contribution < -0.4 is 23.8 Å². The third-order valence-electron chi connectivity index (χ3n) is 7.39. The molecule has 10 nitrogen and oxygen atoms in total. The van der Waals surface area contributed by atoms with Crippen molar-refractivity contribution in [1.29, 1.82) is 0 Å². The number of fused-ring (bicyclic) bond motifs is 1. The van der Waals surface area contributed by atoms with Gasteiger partial charge >= 0.3 is 5.91 Å². The summed E-state index contributed by atoms with van der Waals surface area (Å²) in [5.74, 6) is 0.644. The van der Waals surface area contributed by atoms with Gasteiger partial charge in [-0.05, 0) is 61.7 Å². The van der Waals surface area contributed by atoms with Crippen molar-refractivity contribution >= 4 is 45.7 Å². The van der Waals surface area contributed by atoms with E-state index in [1.165, 1.54) is 33.6 Å². The number of carbonyl (C=O) groups is 2. The number of ketones is 1. The Morgan fingerprint density at radius 3 is 2.52 bits per heavy atom. The Morgan fingerprint density at radius 1 is 0.978 bits per heavy atom. The van der Waals surface area contributed by atoms with Crippen molar-refractivity contribution in [2.45, 2.75) is 43.3 Å². The van der Waals surface area contributed by atoms with Crippen molar-refractivity contribution in [2.24, 2.45) is 0 Å². The fraction of sp³-hybridized carbons (Fsp3) is 0.294. The van der Waals surface area contributed by atoms with E-state index in [4.69, 9.17) is 18.9 Å². The SMILES string of the molecule is CCCOc1ccc([C@H]2/C(=C(\O)c3ccc4c(c3)OCCO4)C(=O)C(=O)N2c2nnc(SCc3ccc(C)cc3)s2)cc1OCC. The highest BCUT2D eigenvalue weighted by atomic mass is 32.2. The van der Waals surface area contributed by atoms with Crippen LogP contribution in [0.15, 0.2) is 70.6 Å². The molecule has 6 rings (SSSR count). The van der Waals surface area contributed by atoms with Crippen molar-refractivity contribution in [2.75, 3.05) is 31.3 Å². The van der Waals surface area contributed by atoms with Gasteiger partial charge in [-0.15, -0.1) is 10.2 Å². The summed E-state index contributed by atoms with van der Waals surface area (Å²) in [6, 6.07) is 17.4. The number of hydrogen-bond donors (Lipinski definition) is 1. The van der Waals surface area contributed by atoms with E-state index in [-0.39, 0.29) is 16.5 Å². The van der Waals surface area contributed by atoms with E-state index in [0.29, 0.717) is 70.6 Å². The Balaban J connectivity index is 1.42. The molecule has 0 radical (unpaired) electrons. The molecular weight excluding hydrogens is 627 g/mol. The summed E-state index contributed by atoms with van der Waals surface area (Å²) < 4.78 is 23.8. The van der Waals surface area contributed by atoms with Gasteiger partial charge < -0.3 is 24.1 Å². The fourth-order valence-electron chi connectivity index (χ4n) is 5.17. The van der Waals surface area contributed by atoms with Gasteiger partial charge in [-0.3, -0.25) is 14.5 Å². The predicted molar refractivity (Wildman–Crippen MR) is 176 cm³/mol. The highest BCUT2D eigenvalue weighted by molar-refractivity contribution is 8.00. The summed E-state index contributed by atoms with van der Waals surface area (Å²) in [5.41, 5.74) is 3.06. The minimum atomic E-state index is -1.02. The molecule has 4 aromatic rings. The number of aliphatic hydroxyl groups is 1. The van der Waals surface area contributed by atoms with Gasteiger partial charge in [0, 0.05) is 11.3 Å². The van der Waals surface area contributed by atoms with E-state index in [1.54, 1.807) is 36.4 Å². The lowest BCUT2D eigenvalue weighted by Crippen LogP contribution is -2.29. The van der Waals surface area contributed by atoms with Gasteiger partial charge in [0.15, 0.2) is 27.3 Å². The summed E-state index contributed by atoms with van der Waals surface area (Å²) >= 11 is 2.70. The molecule has 1 aromatic heterocycles. The number of nitrogens with zero attached hydrogens (tertiary/aromatic N) is 3. The second-order valence-electron chi connectivity index (χ2n) is 10.6. The molecule has 3 aromatic carbocycles. The van der Waals surface area contributed by atoms with Crippen LogP contribution in [0.3, 0.4) is 0 Å². The number of aromatic nitrogens is 2. The number of rotatable bonds is 11. The van der Waals surface area contributed by atoms with Gasteiger partial charge in [0.05, 0.1) is 24.8 Å². The van der Waals surface area contributed by atoms with Crippen LogP contribution >= 0.6 is 23.1 Å². The lowest BCUT2D eigenvalue weighted by Gasteiger charge is -2.24. The standard InChI is InChI=1S/C34H33N3O7S2/c1-4-14-42-24-12-10-22(17-26(24)41-5-2)29-28(30(38)23-11-13-25-27(18-23)44-16-15-43-25)31(39)32(40)37(29)33-35-36-34(46-33)45-19-21-8-6-20(3)7-9-21/h6-13,17-18,29,38H,4-5,14-16,19H2,1-3H3/b30-28+/t29-/m0/s1. The third kappa shape index (κ3) is 6.40. The molecule has 2 aliphatic heterocycles. The average molecular weight is 660 g/mol. The molecule has 0 aliphatic carbocycles. The van der Waals surface area contributed by atoms with Crippen molar-refractivity contribution in [3.05, 3.63) is 88.5 Å². The smallest absolute Gasteiger partial charge is 0.301 e. The van der Waals surface area contributed by atoms with Crippen LogP contribution in [0, 0.1) is 6.92 Å². The van der Waals surface area contributed by atoms with E-state index >= 15 is 0 Å². The largest absolute Gasteiger partial charge is 0.507 e. The van der Waals surface area contributed by atoms with Crippen LogP contribution in [-0.4, -0.2) is 53.4 Å². The minimum absolute atomic E-state index is 0.0876. The first-order chi connectivity index (χ1) is 22.4. The molecule has 1 amide bonds. The Bertz CT molecular complexity index is 1790. The molecule has 12 heteroatoms. The first-order valence-corrected chi connectivity index (χ1v) is 16.8.